The molecule has 0 aliphatic carbocycles. The molecule has 0 amide bonds. The lowest BCUT2D eigenvalue weighted by Gasteiger charge is -2.10. The van der Waals surface area contributed by atoms with Crippen molar-refractivity contribution in [2.75, 3.05) is 0 Å². The molecule has 0 radical (unpaired) electrons. The Labute approximate surface area is 140 Å². The molecular weight excluding hydrogens is 300 g/mol. The van der Waals surface area contributed by atoms with Crippen LogP contribution in [0, 0.1) is 18.3 Å². The van der Waals surface area contributed by atoms with Crippen LogP contribution in [0.2, 0.25) is 0 Å². The molecule has 24 heavy (non-hydrogen) atoms. The number of hydrogen-bond acceptors (Lipinski definition) is 3. The van der Waals surface area contributed by atoms with E-state index in [1.165, 1.54) is 0 Å². The van der Waals surface area contributed by atoms with E-state index in [0.717, 1.165) is 16.8 Å². The largest absolute Gasteiger partial charge is 0.457 e. The molecule has 0 atom stereocenters. The third-order valence-corrected chi connectivity index (χ3v) is 3.78. The Kier molecular flexibility index (Phi) is 4.44. The van der Waals surface area contributed by atoms with Crippen molar-refractivity contribution in [1.82, 2.24) is 4.57 Å². The molecule has 0 spiro atoms. The molecular formula is C20H16N2O2. The zero-order valence-electron chi connectivity index (χ0n) is 13.3. The second kappa shape index (κ2) is 6.84. The smallest absolute Gasteiger partial charge is 0.338 e. The molecule has 0 aliphatic rings. The number of hydrogen-bond donors (Lipinski definition) is 0. The fourth-order valence-corrected chi connectivity index (χ4v) is 2.42. The van der Waals surface area contributed by atoms with Crippen molar-refractivity contribution < 1.29 is 9.53 Å². The molecule has 1 heterocycles. The molecule has 0 saturated carbocycles. The van der Waals surface area contributed by atoms with Crippen molar-refractivity contribution in [3.63, 3.8) is 0 Å². The highest BCUT2D eigenvalue weighted by atomic mass is 16.5. The van der Waals surface area contributed by atoms with Gasteiger partial charge in [-0.2, -0.15) is 5.26 Å². The highest BCUT2D eigenvalue weighted by Crippen LogP contribution is 2.17. The first-order valence-corrected chi connectivity index (χ1v) is 7.57. The number of aromatic nitrogens is 1. The molecule has 1 aromatic heterocycles. The van der Waals surface area contributed by atoms with E-state index in [0.29, 0.717) is 11.1 Å². The highest BCUT2D eigenvalue weighted by Gasteiger charge is 2.10. The van der Waals surface area contributed by atoms with Gasteiger partial charge in [-0.1, -0.05) is 18.2 Å². The number of benzene rings is 2. The maximum atomic E-state index is 12.3. The van der Waals surface area contributed by atoms with E-state index >= 15 is 0 Å². The monoisotopic (exact) mass is 316 g/mol. The van der Waals surface area contributed by atoms with Gasteiger partial charge in [-0.3, -0.25) is 0 Å². The summed E-state index contributed by atoms with van der Waals surface area (Å²) >= 11 is 0. The van der Waals surface area contributed by atoms with Gasteiger partial charge in [0.2, 0.25) is 0 Å². The normalized spacial score (nSPS) is 10.2. The van der Waals surface area contributed by atoms with E-state index in [9.17, 15) is 4.79 Å². The van der Waals surface area contributed by atoms with E-state index < -0.39 is 0 Å². The van der Waals surface area contributed by atoms with Crippen LogP contribution in [-0.2, 0) is 11.3 Å². The number of nitrogens with zero attached hydrogens (tertiary/aromatic N) is 2. The molecule has 0 bridgehead atoms. The molecule has 0 aliphatic heterocycles. The van der Waals surface area contributed by atoms with Crippen molar-refractivity contribution in [3.8, 4) is 11.8 Å². The van der Waals surface area contributed by atoms with Crippen LogP contribution in [-0.4, -0.2) is 10.5 Å². The number of aryl methyl sites for hydroxylation is 1. The van der Waals surface area contributed by atoms with E-state index in [2.05, 4.69) is 6.07 Å². The second-order valence-corrected chi connectivity index (χ2v) is 5.48. The molecule has 4 heteroatoms. The van der Waals surface area contributed by atoms with Crippen LogP contribution in [0.15, 0.2) is 67.0 Å². The molecule has 3 aromatic rings. The van der Waals surface area contributed by atoms with Crippen LogP contribution in [0.1, 0.15) is 27.0 Å². The van der Waals surface area contributed by atoms with Gasteiger partial charge in [0.05, 0.1) is 17.2 Å². The van der Waals surface area contributed by atoms with E-state index in [1.807, 2.05) is 48.1 Å². The molecule has 4 nitrogen and oxygen atoms in total. The fraction of sp³-hybridized carbons (Fsp3) is 0.100. The van der Waals surface area contributed by atoms with Gasteiger partial charge in [-0.25, -0.2) is 4.79 Å². The lowest BCUT2D eigenvalue weighted by atomic mass is 10.1. The van der Waals surface area contributed by atoms with Gasteiger partial charge in [0, 0.05) is 18.1 Å². The summed E-state index contributed by atoms with van der Waals surface area (Å²) in [4.78, 5) is 12.3. The Morgan fingerprint density at radius 3 is 2.50 bits per heavy atom. The SMILES string of the molecule is Cc1ccc(C(=O)OCc2ccc(C#N)cc2)cc1-n1cccc1. The van der Waals surface area contributed by atoms with Crippen molar-refractivity contribution in [2.24, 2.45) is 0 Å². The Balaban J connectivity index is 1.73. The van der Waals surface area contributed by atoms with Gasteiger partial charge >= 0.3 is 5.97 Å². The average molecular weight is 316 g/mol. The zero-order chi connectivity index (χ0) is 16.9. The van der Waals surface area contributed by atoms with E-state index in [4.69, 9.17) is 10.00 Å². The fourth-order valence-electron chi connectivity index (χ4n) is 2.42. The van der Waals surface area contributed by atoms with Crippen molar-refractivity contribution in [2.45, 2.75) is 13.5 Å². The molecule has 118 valence electrons. The van der Waals surface area contributed by atoms with Crippen LogP contribution >= 0.6 is 0 Å². The Bertz CT molecular complexity index is 888. The summed E-state index contributed by atoms with van der Waals surface area (Å²) in [7, 11) is 0. The van der Waals surface area contributed by atoms with Crippen LogP contribution in [0.3, 0.4) is 0 Å². The van der Waals surface area contributed by atoms with Crippen LogP contribution in [0.25, 0.3) is 5.69 Å². The lowest BCUT2D eigenvalue weighted by Crippen LogP contribution is -2.07. The van der Waals surface area contributed by atoms with Crippen molar-refractivity contribution in [1.29, 1.82) is 5.26 Å². The van der Waals surface area contributed by atoms with Crippen molar-refractivity contribution >= 4 is 5.97 Å². The summed E-state index contributed by atoms with van der Waals surface area (Å²) < 4.78 is 7.33. The minimum atomic E-state index is -0.368. The average Bonchev–Trinajstić information content (AvgIpc) is 3.15. The summed E-state index contributed by atoms with van der Waals surface area (Å²) in [6, 6.07) is 18.4. The predicted octanol–water partition coefficient (Wildman–Crippen LogP) is 4.01. The second-order valence-electron chi connectivity index (χ2n) is 5.48. The third kappa shape index (κ3) is 3.36. The molecule has 2 aromatic carbocycles. The summed E-state index contributed by atoms with van der Waals surface area (Å²) in [5, 5.41) is 8.78. The highest BCUT2D eigenvalue weighted by molar-refractivity contribution is 5.90. The summed E-state index contributed by atoms with van der Waals surface area (Å²) in [6.07, 6.45) is 3.88. The topological polar surface area (TPSA) is 55.0 Å². The van der Waals surface area contributed by atoms with Gasteiger partial charge in [0.25, 0.3) is 0 Å². The molecule has 0 unspecified atom stereocenters. The molecule has 3 rings (SSSR count). The first-order chi connectivity index (χ1) is 11.7. The number of carbonyl (C=O) groups excluding carboxylic acids is 1. The molecule has 0 N–H and O–H groups in total. The van der Waals surface area contributed by atoms with Gasteiger partial charge in [-0.15, -0.1) is 0 Å². The Morgan fingerprint density at radius 2 is 1.83 bits per heavy atom. The predicted molar refractivity (Wildman–Crippen MR) is 90.8 cm³/mol. The standard InChI is InChI=1S/C20H16N2O2/c1-15-4-9-18(12-19(15)22-10-2-3-11-22)20(23)24-14-17-7-5-16(13-21)6-8-17/h2-12H,14H2,1H3. The van der Waals surface area contributed by atoms with E-state index in [-0.39, 0.29) is 12.6 Å². The summed E-state index contributed by atoms with van der Waals surface area (Å²) in [5.41, 5.74) is 3.97. The van der Waals surface area contributed by atoms with Crippen LogP contribution in [0.4, 0.5) is 0 Å². The van der Waals surface area contributed by atoms with Crippen LogP contribution in [0.5, 0.6) is 0 Å². The zero-order valence-corrected chi connectivity index (χ0v) is 13.3. The Morgan fingerprint density at radius 1 is 1.12 bits per heavy atom. The van der Waals surface area contributed by atoms with Gasteiger partial charge in [-0.05, 0) is 54.4 Å². The number of carbonyl (C=O) groups is 1. The lowest BCUT2D eigenvalue weighted by molar-refractivity contribution is 0.0472. The first kappa shape index (κ1) is 15.6. The number of nitriles is 1. The molecule has 0 saturated heterocycles. The molecule has 0 fully saturated rings. The van der Waals surface area contributed by atoms with Gasteiger partial charge < -0.3 is 9.30 Å². The maximum absolute atomic E-state index is 12.3. The van der Waals surface area contributed by atoms with Crippen LogP contribution < -0.4 is 0 Å². The summed E-state index contributed by atoms with van der Waals surface area (Å²) in [6.45, 7) is 2.18. The van der Waals surface area contributed by atoms with Gasteiger partial charge in [0.15, 0.2) is 0 Å². The Hall–Kier alpha value is -3.32. The number of esters is 1. The van der Waals surface area contributed by atoms with E-state index in [1.54, 1.807) is 30.3 Å². The van der Waals surface area contributed by atoms with Crippen molar-refractivity contribution in [3.05, 3.63) is 89.2 Å². The number of rotatable bonds is 4. The van der Waals surface area contributed by atoms with Gasteiger partial charge in [0.1, 0.15) is 6.61 Å². The minimum Gasteiger partial charge on any atom is -0.457 e. The summed E-state index contributed by atoms with van der Waals surface area (Å²) in [5.74, 6) is -0.368. The number of ether oxygens (including phenoxy) is 1. The third-order valence-electron chi connectivity index (χ3n) is 3.78. The first-order valence-electron chi connectivity index (χ1n) is 7.57. The maximum Gasteiger partial charge on any atom is 0.338 e. The minimum absolute atomic E-state index is 0.178. The quantitative estimate of drug-likeness (QED) is 0.683.